The molecule has 0 bridgehead atoms. The number of hydrogen-bond donors (Lipinski definition) is 2. The number of ether oxygens (including phenoxy) is 1. The van der Waals surface area contributed by atoms with Gasteiger partial charge in [-0.25, -0.2) is 8.42 Å². The van der Waals surface area contributed by atoms with Gasteiger partial charge in [0.1, 0.15) is 29.8 Å². The predicted octanol–water partition coefficient (Wildman–Crippen LogP) is -1.44. The molecule has 5 atom stereocenters. The minimum absolute atomic E-state index is 0. The van der Waals surface area contributed by atoms with Crippen LogP contribution in [-0.4, -0.2) is 64.6 Å². The van der Waals surface area contributed by atoms with Gasteiger partial charge < -0.3 is 19.5 Å². The van der Waals surface area contributed by atoms with E-state index in [1.807, 2.05) is 0 Å². The van der Waals surface area contributed by atoms with Crippen LogP contribution in [0.15, 0.2) is 4.99 Å². The van der Waals surface area contributed by atoms with Crippen molar-refractivity contribution >= 4 is 27.2 Å². The van der Waals surface area contributed by atoms with E-state index >= 15 is 0 Å². The number of fused-ring (bicyclic) bond motifs is 1. The van der Waals surface area contributed by atoms with Crippen LogP contribution in [0.2, 0.25) is 0 Å². The fourth-order valence-electron chi connectivity index (χ4n) is 1.85. The van der Waals surface area contributed by atoms with E-state index in [1.165, 1.54) is 11.8 Å². The number of nitrogens with zero attached hydrogens (tertiary/aromatic N) is 1. The normalized spacial score (nSPS) is 40.4. The Morgan fingerprint density at radius 1 is 1.56 bits per heavy atom. The van der Waals surface area contributed by atoms with E-state index in [0.717, 1.165) is 0 Å². The summed E-state index contributed by atoms with van der Waals surface area (Å²) in [5.41, 5.74) is -0.508. The van der Waals surface area contributed by atoms with E-state index in [9.17, 15) is 23.2 Å². The fourth-order valence-corrected chi connectivity index (χ4v) is 3.23. The van der Waals surface area contributed by atoms with E-state index in [4.69, 9.17) is 4.74 Å². The molecule has 10 heteroatoms. The summed E-state index contributed by atoms with van der Waals surface area (Å²) in [6, 6.07) is -0.592. The monoisotopic (exact) mass is 299 g/mol. The molecule has 2 aliphatic rings. The van der Waals surface area contributed by atoms with Crippen molar-refractivity contribution < 1.29 is 33.5 Å². The lowest BCUT2D eigenvalue weighted by Gasteiger charge is -2.38. The zero-order valence-corrected chi connectivity index (χ0v) is 10.9. The number of hydrogen-bond acceptors (Lipinski definition) is 9. The number of aliphatic imine (C=N–C) groups is 1. The van der Waals surface area contributed by atoms with Crippen molar-refractivity contribution in [2.24, 2.45) is 4.99 Å². The zero-order valence-electron chi connectivity index (χ0n) is 10.3. The van der Waals surface area contributed by atoms with Crippen LogP contribution in [0.25, 0.3) is 0 Å². The van der Waals surface area contributed by atoms with Gasteiger partial charge in [-0.05, 0) is 6.92 Å². The van der Waals surface area contributed by atoms with Crippen molar-refractivity contribution in [3.8, 4) is 0 Å². The van der Waals surface area contributed by atoms with Crippen molar-refractivity contribution in [2.75, 3.05) is 6.61 Å². The third-order valence-electron chi connectivity index (χ3n) is 2.66. The van der Waals surface area contributed by atoms with E-state index in [2.05, 4.69) is 9.18 Å². The summed E-state index contributed by atoms with van der Waals surface area (Å²) >= 11 is 1.27. The third kappa shape index (κ3) is 3.02. The average Bonchev–Trinajstić information content (AvgIpc) is 2.61. The molecule has 0 aromatic carbocycles. The van der Waals surface area contributed by atoms with Crippen LogP contribution in [0.1, 0.15) is 8.35 Å². The summed E-state index contributed by atoms with van der Waals surface area (Å²) in [7, 11) is -4.86. The lowest BCUT2D eigenvalue weighted by Crippen LogP contribution is -2.56. The van der Waals surface area contributed by atoms with E-state index in [0.29, 0.717) is 5.04 Å². The van der Waals surface area contributed by atoms with Crippen molar-refractivity contribution in [3.63, 3.8) is 0 Å². The van der Waals surface area contributed by atoms with Gasteiger partial charge in [0.05, 0.1) is 11.7 Å². The Labute approximate surface area is 109 Å². The molecule has 0 spiro atoms. The SMILES string of the molecule is CC1=N[C@@H]2[C@@H](O)[C@@H](O)[C@@H](COS(=O)(=O)[O-])O[C@@H]2S1.[H+]. The van der Waals surface area contributed by atoms with Gasteiger partial charge in [-0.2, -0.15) is 0 Å². The van der Waals surface area contributed by atoms with Crippen LogP contribution in [0, 0.1) is 0 Å². The Kier molecular flexibility index (Phi) is 3.97. The summed E-state index contributed by atoms with van der Waals surface area (Å²) in [4.78, 5) is 4.11. The van der Waals surface area contributed by atoms with Crippen LogP contribution in [0.4, 0.5) is 0 Å². The molecule has 2 aliphatic heterocycles. The lowest BCUT2D eigenvalue weighted by molar-refractivity contribution is -0.161. The average molecular weight is 299 g/mol. The summed E-state index contributed by atoms with van der Waals surface area (Å²) in [5.74, 6) is 0. The predicted molar refractivity (Wildman–Crippen MR) is 61.9 cm³/mol. The van der Waals surface area contributed by atoms with Crippen molar-refractivity contribution in [1.82, 2.24) is 0 Å². The van der Waals surface area contributed by atoms with Crippen LogP contribution in [-0.2, 0) is 19.3 Å². The summed E-state index contributed by atoms with van der Waals surface area (Å²) < 4.78 is 40.4. The zero-order chi connectivity index (χ0) is 13.5. The Balaban J connectivity index is 0.00000180. The molecule has 2 N–H and O–H groups in total. The molecule has 2 rings (SSSR count). The molecule has 0 amide bonds. The first-order chi connectivity index (χ1) is 8.28. The first-order valence-electron chi connectivity index (χ1n) is 5.11. The molecule has 104 valence electrons. The van der Waals surface area contributed by atoms with Crippen LogP contribution < -0.4 is 0 Å². The third-order valence-corrected chi connectivity index (χ3v) is 4.16. The smallest absolute Gasteiger partial charge is 0.726 e. The second-order valence-corrected chi connectivity index (χ2v) is 6.32. The molecule has 1 fully saturated rings. The molecule has 0 unspecified atom stereocenters. The Morgan fingerprint density at radius 3 is 2.83 bits per heavy atom. The lowest BCUT2D eigenvalue weighted by atomic mass is 9.99. The van der Waals surface area contributed by atoms with Gasteiger partial charge in [-0.3, -0.25) is 9.18 Å². The highest BCUT2D eigenvalue weighted by Crippen LogP contribution is 2.36. The molecule has 2 heterocycles. The molecule has 0 aliphatic carbocycles. The number of aliphatic hydroxyl groups is 2. The van der Waals surface area contributed by atoms with Gasteiger partial charge >= 0.3 is 1.43 Å². The topological polar surface area (TPSA) is 128 Å². The standard InChI is InChI=1S/C8H13NO7S2/c1-3-9-5-7(11)6(10)4(16-8(5)17-3)2-15-18(12,13)14/h4-8,10-11H,2H2,1H3,(H,12,13,14)/t4-,5-,6+,7-,8-/m1/s1. The summed E-state index contributed by atoms with van der Waals surface area (Å²) in [6.07, 6.45) is -3.63. The fraction of sp³-hybridized carbons (Fsp3) is 0.875. The van der Waals surface area contributed by atoms with Gasteiger partial charge in [0.15, 0.2) is 0 Å². The second kappa shape index (κ2) is 5.04. The molecule has 0 saturated carbocycles. The van der Waals surface area contributed by atoms with Gasteiger partial charge in [-0.15, -0.1) is 0 Å². The number of thioether (sulfide) groups is 1. The highest BCUT2D eigenvalue weighted by molar-refractivity contribution is 8.14. The molecule has 0 aromatic heterocycles. The maximum absolute atomic E-state index is 10.3. The van der Waals surface area contributed by atoms with Crippen LogP contribution in [0.3, 0.4) is 0 Å². The molecule has 0 radical (unpaired) electrons. The highest BCUT2D eigenvalue weighted by atomic mass is 32.3. The van der Waals surface area contributed by atoms with E-state index < -0.39 is 46.8 Å². The van der Waals surface area contributed by atoms with Gasteiger partial charge in [-0.1, -0.05) is 11.8 Å². The van der Waals surface area contributed by atoms with Crippen LogP contribution in [0.5, 0.6) is 0 Å². The van der Waals surface area contributed by atoms with Crippen molar-refractivity contribution in [2.45, 2.75) is 36.7 Å². The summed E-state index contributed by atoms with van der Waals surface area (Å²) in [5, 5.41) is 20.3. The summed E-state index contributed by atoms with van der Waals surface area (Å²) in [6.45, 7) is 1.10. The van der Waals surface area contributed by atoms with Crippen LogP contribution >= 0.6 is 11.8 Å². The maximum Gasteiger partial charge on any atom is 1.00 e. The molecule has 18 heavy (non-hydrogen) atoms. The Hall–Kier alpha value is -0.230. The minimum Gasteiger partial charge on any atom is -0.726 e. The Morgan fingerprint density at radius 2 is 2.22 bits per heavy atom. The number of aliphatic hydroxyl groups excluding tert-OH is 2. The first kappa shape index (κ1) is 14.2. The molecule has 1 saturated heterocycles. The van der Waals surface area contributed by atoms with Crippen molar-refractivity contribution in [1.29, 1.82) is 0 Å². The van der Waals surface area contributed by atoms with E-state index in [-0.39, 0.29) is 1.43 Å². The quantitative estimate of drug-likeness (QED) is 0.479. The molecule has 0 aromatic rings. The maximum atomic E-state index is 10.3. The van der Waals surface area contributed by atoms with Gasteiger partial charge in [0, 0.05) is 0 Å². The van der Waals surface area contributed by atoms with Gasteiger partial charge in [0.25, 0.3) is 0 Å². The van der Waals surface area contributed by atoms with Gasteiger partial charge in [0.2, 0.25) is 10.4 Å². The molecule has 8 nitrogen and oxygen atoms in total. The largest absolute Gasteiger partial charge is 1.00 e. The highest BCUT2D eigenvalue weighted by Gasteiger charge is 2.47. The van der Waals surface area contributed by atoms with E-state index in [1.54, 1.807) is 6.92 Å². The number of rotatable bonds is 3. The van der Waals surface area contributed by atoms with Crippen molar-refractivity contribution in [3.05, 3.63) is 0 Å². The molecular weight excluding hydrogens is 286 g/mol. The Bertz CT molecular complexity index is 456. The first-order valence-corrected chi connectivity index (χ1v) is 7.32. The second-order valence-electron chi connectivity index (χ2n) is 3.97. The molecular formula is C8H13NO7S2. The minimum atomic E-state index is -4.86.